The standard InChI is InChI=1S/2C4H5NO4.4Na/c2*5-2(4(8)9)1-3(6)7;;;;/h2*5H,1H2,(H,6,7)(H,8,9);;;;/q;;4*+1/p-4. The molecule has 0 bridgehead atoms. The summed E-state index contributed by atoms with van der Waals surface area (Å²) in [5.74, 6) is -6.74. The Morgan fingerprint density at radius 2 is 0.773 bits per heavy atom. The Morgan fingerprint density at radius 1 is 0.591 bits per heavy atom. The van der Waals surface area contributed by atoms with Crippen LogP contribution in [0.5, 0.6) is 0 Å². The van der Waals surface area contributed by atoms with Crippen molar-refractivity contribution < 1.29 is 158 Å². The molecule has 0 spiro atoms. The van der Waals surface area contributed by atoms with Gasteiger partial charge in [0.2, 0.25) is 0 Å². The van der Waals surface area contributed by atoms with Gasteiger partial charge in [-0.25, -0.2) is 0 Å². The van der Waals surface area contributed by atoms with E-state index in [4.69, 9.17) is 10.8 Å². The number of aliphatic carboxylic acids is 4. The van der Waals surface area contributed by atoms with Crippen molar-refractivity contribution in [3.05, 3.63) is 0 Å². The smallest absolute Gasteiger partial charge is 0.550 e. The summed E-state index contributed by atoms with van der Waals surface area (Å²) in [6.45, 7) is 0. The summed E-state index contributed by atoms with van der Waals surface area (Å²) in [6.07, 6.45) is -1.80. The van der Waals surface area contributed by atoms with Crippen LogP contribution in [0.1, 0.15) is 12.8 Å². The average Bonchev–Trinajstić information content (AvgIpc) is 2.16. The molecule has 0 aliphatic heterocycles. The van der Waals surface area contributed by atoms with Crippen LogP contribution in [-0.4, -0.2) is 35.3 Å². The fourth-order valence-electron chi connectivity index (χ4n) is 0.433. The van der Waals surface area contributed by atoms with Gasteiger partial charge in [0, 0.05) is 24.8 Å². The topological polar surface area (TPSA) is 208 Å². The zero-order valence-electron chi connectivity index (χ0n) is 12.7. The fourth-order valence-corrected chi connectivity index (χ4v) is 0.433. The van der Waals surface area contributed by atoms with Crippen molar-refractivity contribution in [1.82, 2.24) is 0 Å². The second-order valence-corrected chi connectivity index (χ2v) is 2.63. The van der Waals surface area contributed by atoms with Crippen LogP contribution in [0.4, 0.5) is 0 Å². The largest absolute Gasteiger partial charge is 1.00 e. The molecule has 0 saturated heterocycles. The second kappa shape index (κ2) is 22.2. The predicted octanol–water partition coefficient (Wildman–Crippen LogP) is -18.2. The fraction of sp³-hybridized carbons (Fsp3) is 0.250. The van der Waals surface area contributed by atoms with E-state index in [2.05, 4.69) is 0 Å². The number of nitrogens with one attached hydrogen (secondary N) is 2. The van der Waals surface area contributed by atoms with Gasteiger partial charge in [-0.05, 0) is 0 Å². The van der Waals surface area contributed by atoms with Gasteiger partial charge in [-0.15, -0.1) is 0 Å². The predicted molar refractivity (Wildman–Crippen MR) is 44.7 cm³/mol. The Bertz CT molecular complexity index is 377. The molecule has 0 fully saturated rings. The summed E-state index contributed by atoms with van der Waals surface area (Å²) in [6, 6.07) is 0. The minimum atomic E-state index is -1.78. The molecule has 10 nitrogen and oxygen atoms in total. The van der Waals surface area contributed by atoms with Crippen LogP contribution in [0.2, 0.25) is 0 Å². The summed E-state index contributed by atoms with van der Waals surface area (Å²) >= 11 is 0. The maximum atomic E-state index is 9.61. The Kier molecular flexibility index (Phi) is 39.0. The van der Waals surface area contributed by atoms with Crippen LogP contribution in [0.3, 0.4) is 0 Å². The number of rotatable bonds is 6. The molecule has 0 aromatic rings. The molecular formula is C8H6N2Na4O8. The molecule has 0 saturated carbocycles. The summed E-state index contributed by atoms with van der Waals surface area (Å²) in [5.41, 5.74) is -1.95. The molecule has 100 valence electrons. The molecule has 0 aliphatic rings. The normalized spacial score (nSPS) is 6.91. The zero-order valence-corrected chi connectivity index (χ0v) is 20.7. The molecule has 0 aliphatic carbocycles. The van der Waals surface area contributed by atoms with Crippen molar-refractivity contribution in [2.45, 2.75) is 12.8 Å². The van der Waals surface area contributed by atoms with Gasteiger partial charge in [0.1, 0.15) is 0 Å². The monoisotopic (exact) mass is 350 g/mol. The van der Waals surface area contributed by atoms with Crippen molar-refractivity contribution in [3.63, 3.8) is 0 Å². The molecule has 14 heteroatoms. The molecular weight excluding hydrogens is 344 g/mol. The van der Waals surface area contributed by atoms with Crippen molar-refractivity contribution >= 4 is 35.3 Å². The first-order valence-electron chi connectivity index (χ1n) is 4.05. The first kappa shape index (κ1) is 38.7. The van der Waals surface area contributed by atoms with Gasteiger partial charge in [0.25, 0.3) is 0 Å². The van der Waals surface area contributed by atoms with E-state index in [1.165, 1.54) is 0 Å². The Hall–Kier alpha value is 1.22. The van der Waals surface area contributed by atoms with Crippen LogP contribution in [0.15, 0.2) is 0 Å². The number of carbonyl (C=O) groups excluding carboxylic acids is 4. The molecule has 22 heavy (non-hydrogen) atoms. The second-order valence-electron chi connectivity index (χ2n) is 2.63. The number of hydrogen-bond donors (Lipinski definition) is 2. The maximum Gasteiger partial charge on any atom is 1.00 e. The van der Waals surface area contributed by atoms with E-state index >= 15 is 0 Å². The Morgan fingerprint density at radius 3 is 0.818 bits per heavy atom. The van der Waals surface area contributed by atoms with E-state index < -0.39 is 48.1 Å². The van der Waals surface area contributed by atoms with Crippen LogP contribution >= 0.6 is 0 Å². The van der Waals surface area contributed by atoms with Crippen molar-refractivity contribution in [3.8, 4) is 0 Å². The van der Waals surface area contributed by atoms with Crippen LogP contribution in [0.25, 0.3) is 0 Å². The van der Waals surface area contributed by atoms with E-state index in [0.717, 1.165) is 0 Å². The Balaban J connectivity index is -0.0000000492. The molecule has 0 rings (SSSR count). The van der Waals surface area contributed by atoms with Gasteiger partial charge in [-0.1, -0.05) is 0 Å². The number of carbonyl (C=O) groups is 4. The van der Waals surface area contributed by atoms with Crippen LogP contribution in [0, 0.1) is 10.8 Å². The molecule has 0 atom stereocenters. The van der Waals surface area contributed by atoms with Crippen molar-refractivity contribution in [1.29, 1.82) is 10.8 Å². The summed E-state index contributed by atoms with van der Waals surface area (Å²) < 4.78 is 0. The molecule has 0 aromatic heterocycles. The van der Waals surface area contributed by atoms with Crippen molar-refractivity contribution in [2.75, 3.05) is 0 Å². The Labute approximate surface area is 213 Å². The number of carboxylic acid groups (broad SMARTS) is 4. The SMILES string of the molecule is N=C(CC(=O)[O-])C(=O)[O-].N=C(CC(=O)[O-])C(=O)[O-].[Na+].[Na+].[Na+].[Na+]. The number of carboxylic acids is 4. The third kappa shape index (κ3) is 29.3. The van der Waals surface area contributed by atoms with Crippen LogP contribution in [-0.2, 0) is 19.2 Å². The maximum absolute atomic E-state index is 9.61. The quantitative estimate of drug-likeness (QED) is 0.346. The van der Waals surface area contributed by atoms with Gasteiger partial charge in [0.15, 0.2) is 0 Å². The molecule has 2 N–H and O–H groups in total. The van der Waals surface area contributed by atoms with E-state index in [0.29, 0.717) is 0 Å². The van der Waals surface area contributed by atoms with E-state index in [1.54, 1.807) is 0 Å². The van der Waals surface area contributed by atoms with E-state index in [9.17, 15) is 39.6 Å². The molecule has 0 unspecified atom stereocenters. The van der Waals surface area contributed by atoms with E-state index in [1.807, 2.05) is 0 Å². The molecule has 0 amide bonds. The van der Waals surface area contributed by atoms with Gasteiger partial charge in [0.05, 0.1) is 23.4 Å². The van der Waals surface area contributed by atoms with Gasteiger partial charge in [-0.3, -0.25) is 0 Å². The van der Waals surface area contributed by atoms with Gasteiger partial charge < -0.3 is 50.4 Å². The summed E-state index contributed by atoms with van der Waals surface area (Å²) in [7, 11) is 0. The molecule has 0 heterocycles. The summed E-state index contributed by atoms with van der Waals surface area (Å²) in [4.78, 5) is 38.4. The first-order valence-corrected chi connectivity index (χ1v) is 4.05. The first-order chi connectivity index (χ1) is 8.07. The number of hydrogen-bond acceptors (Lipinski definition) is 10. The van der Waals surface area contributed by atoms with E-state index in [-0.39, 0.29) is 118 Å². The molecule has 0 radical (unpaired) electrons. The average molecular weight is 350 g/mol. The van der Waals surface area contributed by atoms with Gasteiger partial charge >= 0.3 is 118 Å². The molecule has 0 aromatic carbocycles. The van der Waals surface area contributed by atoms with Crippen LogP contribution < -0.4 is 139 Å². The minimum absolute atomic E-state index is 0. The third-order valence-corrected chi connectivity index (χ3v) is 1.14. The van der Waals surface area contributed by atoms with Gasteiger partial charge in [-0.2, -0.15) is 0 Å². The van der Waals surface area contributed by atoms with Crippen molar-refractivity contribution in [2.24, 2.45) is 0 Å². The minimum Gasteiger partial charge on any atom is -0.550 e. The zero-order chi connectivity index (χ0) is 14.9. The third-order valence-electron chi connectivity index (χ3n) is 1.14. The summed E-state index contributed by atoms with van der Waals surface area (Å²) in [5, 5.41) is 51.1.